The first-order chi connectivity index (χ1) is 9.69. The summed E-state index contributed by atoms with van der Waals surface area (Å²) in [7, 11) is -3.84. The van der Waals surface area contributed by atoms with Crippen LogP contribution in [0.3, 0.4) is 0 Å². The second-order valence-corrected chi connectivity index (χ2v) is 7.66. The van der Waals surface area contributed by atoms with Crippen molar-refractivity contribution in [2.24, 2.45) is 0 Å². The van der Waals surface area contributed by atoms with E-state index in [2.05, 4.69) is 4.72 Å². The first kappa shape index (κ1) is 18.0. The third-order valence-electron chi connectivity index (χ3n) is 3.29. The van der Waals surface area contributed by atoms with E-state index in [0.717, 1.165) is 11.1 Å². The highest BCUT2D eigenvalue weighted by molar-refractivity contribution is 7.98. The minimum atomic E-state index is -3.84. The number of hydrogen-bond acceptors (Lipinski definition) is 4. The molecule has 1 unspecified atom stereocenters. The van der Waals surface area contributed by atoms with E-state index in [4.69, 9.17) is 5.11 Å². The fourth-order valence-corrected chi connectivity index (χ4v) is 3.95. The van der Waals surface area contributed by atoms with Crippen LogP contribution in [-0.4, -0.2) is 37.5 Å². The molecular formula is C14H21NO4S2. The van der Waals surface area contributed by atoms with Crippen molar-refractivity contribution in [1.82, 2.24) is 4.72 Å². The van der Waals surface area contributed by atoms with Gasteiger partial charge in [-0.3, -0.25) is 4.79 Å². The van der Waals surface area contributed by atoms with E-state index in [1.165, 1.54) is 11.8 Å². The van der Waals surface area contributed by atoms with Gasteiger partial charge >= 0.3 is 5.97 Å². The maximum Gasteiger partial charge on any atom is 0.321 e. The van der Waals surface area contributed by atoms with Crippen LogP contribution >= 0.6 is 11.8 Å². The van der Waals surface area contributed by atoms with E-state index in [-0.39, 0.29) is 11.3 Å². The fraction of sp³-hybridized carbons (Fsp3) is 0.500. The maximum absolute atomic E-state index is 12.4. The molecule has 0 bridgehead atoms. The predicted octanol–water partition coefficient (Wildman–Crippen LogP) is 2.10. The molecule has 0 amide bonds. The predicted molar refractivity (Wildman–Crippen MR) is 85.4 cm³/mol. The Labute approximate surface area is 130 Å². The highest BCUT2D eigenvalue weighted by Crippen LogP contribution is 2.20. The molecule has 118 valence electrons. The number of aliphatic carboxylic acids is 1. The van der Waals surface area contributed by atoms with Crippen molar-refractivity contribution in [2.45, 2.75) is 38.1 Å². The summed E-state index contributed by atoms with van der Waals surface area (Å²) < 4.78 is 27.1. The molecule has 0 saturated carbocycles. The SMILES string of the molecule is CSCCC(NS(=O)(=O)c1cc(C)c(C)cc1C)C(=O)O. The summed E-state index contributed by atoms with van der Waals surface area (Å²) in [5.41, 5.74) is 2.47. The number of thioether (sulfide) groups is 1. The van der Waals surface area contributed by atoms with Crippen LogP contribution in [0, 0.1) is 20.8 Å². The van der Waals surface area contributed by atoms with Crippen molar-refractivity contribution in [3.8, 4) is 0 Å². The molecule has 0 heterocycles. The Morgan fingerprint density at radius 2 is 1.81 bits per heavy atom. The van der Waals surface area contributed by atoms with Gasteiger partial charge in [-0.2, -0.15) is 16.5 Å². The van der Waals surface area contributed by atoms with Crippen LogP contribution in [0.1, 0.15) is 23.1 Å². The maximum atomic E-state index is 12.4. The van der Waals surface area contributed by atoms with E-state index < -0.39 is 22.0 Å². The first-order valence-corrected chi connectivity index (χ1v) is 9.38. The highest BCUT2D eigenvalue weighted by Gasteiger charge is 2.26. The first-order valence-electron chi connectivity index (χ1n) is 6.51. The summed E-state index contributed by atoms with van der Waals surface area (Å²) in [6.45, 7) is 5.44. The summed E-state index contributed by atoms with van der Waals surface area (Å²) in [4.78, 5) is 11.3. The van der Waals surface area contributed by atoms with Crippen LogP contribution in [0.2, 0.25) is 0 Å². The molecule has 0 spiro atoms. The summed E-state index contributed by atoms with van der Waals surface area (Å²) in [6.07, 6.45) is 2.10. The fourth-order valence-electron chi connectivity index (χ4n) is 1.94. The van der Waals surface area contributed by atoms with Gasteiger partial charge in [0.2, 0.25) is 10.0 Å². The number of carbonyl (C=O) groups is 1. The van der Waals surface area contributed by atoms with E-state index in [0.29, 0.717) is 11.3 Å². The summed E-state index contributed by atoms with van der Waals surface area (Å²) >= 11 is 1.48. The Balaban J connectivity index is 3.10. The Morgan fingerprint density at radius 1 is 1.24 bits per heavy atom. The Bertz CT molecular complexity index is 626. The largest absolute Gasteiger partial charge is 0.480 e. The third-order valence-corrected chi connectivity index (χ3v) is 5.54. The quantitative estimate of drug-likeness (QED) is 0.799. The van der Waals surface area contributed by atoms with Crippen LogP contribution in [0.25, 0.3) is 0 Å². The number of hydrogen-bond donors (Lipinski definition) is 2. The van der Waals surface area contributed by atoms with Crippen LogP contribution in [0.4, 0.5) is 0 Å². The minimum absolute atomic E-state index is 0.140. The zero-order chi connectivity index (χ0) is 16.2. The van der Waals surface area contributed by atoms with Crippen molar-refractivity contribution in [2.75, 3.05) is 12.0 Å². The minimum Gasteiger partial charge on any atom is -0.480 e. The molecule has 1 aromatic carbocycles. The average Bonchev–Trinajstić information content (AvgIpc) is 2.38. The summed E-state index contributed by atoms with van der Waals surface area (Å²) in [5, 5.41) is 9.14. The molecule has 1 aromatic rings. The highest BCUT2D eigenvalue weighted by atomic mass is 32.2. The Morgan fingerprint density at radius 3 is 2.33 bits per heavy atom. The van der Waals surface area contributed by atoms with Crippen LogP contribution in [0.5, 0.6) is 0 Å². The van der Waals surface area contributed by atoms with Crippen LogP contribution < -0.4 is 4.72 Å². The zero-order valence-corrected chi connectivity index (χ0v) is 14.3. The lowest BCUT2D eigenvalue weighted by molar-refractivity contribution is -0.139. The van der Waals surface area contributed by atoms with E-state index in [1.807, 2.05) is 20.1 Å². The van der Waals surface area contributed by atoms with Crippen LogP contribution in [-0.2, 0) is 14.8 Å². The number of aryl methyl sites for hydroxylation is 3. The van der Waals surface area contributed by atoms with Gasteiger partial charge in [-0.15, -0.1) is 0 Å². The van der Waals surface area contributed by atoms with Gasteiger partial charge in [0.25, 0.3) is 0 Å². The number of rotatable bonds is 7. The zero-order valence-electron chi connectivity index (χ0n) is 12.6. The summed E-state index contributed by atoms with van der Waals surface area (Å²) in [6, 6.07) is 2.27. The van der Waals surface area contributed by atoms with Gasteiger partial charge in [0.1, 0.15) is 6.04 Å². The molecule has 0 aliphatic rings. The van der Waals surface area contributed by atoms with Crippen molar-refractivity contribution in [1.29, 1.82) is 0 Å². The normalized spacial score (nSPS) is 13.1. The molecule has 21 heavy (non-hydrogen) atoms. The number of carboxylic acid groups (broad SMARTS) is 1. The molecule has 1 atom stereocenters. The second kappa shape index (κ2) is 7.29. The molecule has 7 heteroatoms. The van der Waals surface area contributed by atoms with Gasteiger partial charge in [0, 0.05) is 0 Å². The van der Waals surface area contributed by atoms with Crippen molar-refractivity contribution in [3.05, 3.63) is 28.8 Å². The molecule has 0 aliphatic heterocycles. The van der Waals surface area contributed by atoms with Crippen molar-refractivity contribution < 1.29 is 18.3 Å². The van der Waals surface area contributed by atoms with E-state index in [9.17, 15) is 13.2 Å². The summed E-state index contributed by atoms with van der Waals surface area (Å²) in [5.74, 6) is -0.583. The number of sulfonamides is 1. The average molecular weight is 331 g/mol. The lowest BCUT2D eigenvalue weighted by Crippen LogP contribution is -2.41. The van der Waals surface area contributed by atoms with Gasteiger partial charge in [-0.05, 0) is 62.0 Å². The number of benzene rings is 1. The molecule has 0 radical (unpaired) electrons. The van der Waals surface area contributed by atoms with Crippen LogP contribution in [0.15, 0.2) is 17.0 Å². The third kappa shape index (κ3) is 4.72. The Hall–Kier alpha value is -1.05. The molecular weight excluding hydrogens is 310 g/mol. The Kier molecular flexibility index (Phi) is 6.24. The molecule has 2 N–H and O–H groups in total. The monoisotopic (exact) mass is 331 g/mol. The number of carboxylic acids is 1. The van der Waals surface area contributed by atoms with Gasteiger partial charge in [0.15, 0.2) is 0 Å². The molecule has 0 aliphatic carbocycles. The smallest absolute Gasteiger partial charge is 0.321 e. The number of nitrogens with one attached hydrogen (secondary N) is 1. The molecule has 0 saturated heterocycles. The van der Waals surface area contributed by atoms with Gasteiger partial charge in [-0.1, -0.05) is 6.07 Å². The van der Waals surface area contributed by atoms with Crippen molar-refractivity contribution >= 4 is 27.8 Å². The van der Waals surface area contributed by atoms with Crippen molar-refractivity contribution in [3.63, 3.8) is 0 Å². The molecule has 0 fully saturated rings. The van der Waals surface area contributed by atoms with Gasteiger partial charge < -0.3 is 5.11 Å². The molecule has 1 rings (SSSR count). The molecule has 5 nitrogen and oxygen atoms in total. The lowest BCUT2D eigenvalue weighted by Gasteiger charge is -2.16. The second-order valence-electron chi connectivity index (χ2n) is 5.00. The van der Waals surface area contributed by atoms with E-state index in [1.54, 1.807) is 19.1 Å². The lowest BCUT2D eigenvalue weighted by atomic mass is 10.1. The molecule has 0 aromatic heterocycles. The topological polar surface area (TPSA) is 83.5 Å². The van der Waals surface area contributed by atoms with Gasteiger partial charge in [-0.25, -0.2) is 8.42 Å². The van der Waals surface area contributed by atoms with Gasteiger partial charge in [0.05, 0.1) is 4.90 Å². The standard InChI is InChI=1S/C14H21NO4S2/c1-9-7-11(3)13(8-10(9)2)21(18,19)15-12(14(16)17)5-6-20-4/h7-8,12,15H,5-6H2,1-4H3,(H,16,17). The van der Waals surface area contributed by atoms with E-state index >= 15 is 0 Å².